The molecule has 6 heteroatoms. The molecule has 0 fully saturated rings. The minimum Gasteiger partial charge on any atom is -0.311 e. The van der Waals surface area contributed by atoms with Gasteiger partial charge in [-0.1, -0.05) is 6.92 Å². The Bertz CT molecular complexity index is 628. The highest BCUT2D eigenvalue weighted by atomic mass is 32.2. The molecule has 21 heavy (non-hydrogen) atoms. The summed E-state index contributed by atoms with van der Waals surface area (Å²) >= 11 is 1.51. The van der Waals surface area contributed by atoms with Crippen molar-refractivity contribution in [1.82, 2.24) is 15.3 Å². The molecule has 0 atom stereocenters. The van der Waals surface area contributed by atoms with Crippen LogP contribution >= 0.6 is 11.8 Å². The molecule has 2 aromatic rings. The van der Waals surface area contributed by atoms with Gasteiger partial charge in [0.05, 0.1) is 11.4 Å². The fourth-order valence-corrected chi connectivity index (χ4v) is 2.57. The molecule has 1 heterocycles. The van der Waals surface area contributed by atoms with Gasteiger partial charge in [0.2, 0.25) is 0 Å². The van der Waals surface area contributed by atoms with E-state index in [1.165, 1.54) is 30.0 Å². The highest BCUT2D eigenvalue weighted by molar-refractivity contribution is 7.98. The Balaban J connectivity index is 1.99. The summed E-state index contributed by atoms with van der Waals surface area (Å²) in [4.78, 5) is 19.7. The summed E-state index contributed by atoms with van der Waals surface area (Å²) in [6, 6.07) is 7.78. The second-order valence-electron chi connectivity index (χ2n) is 4.60. The Labute approximate surface area is 127 Å². The van der Waals surface area contributed by atoms with Gasteiger partial charge in [0.15, 0.2) is 0 Å². The van der Waals surface area contributed by atoms with E-state index in [1.54, 1.807) is 12.1 Å². The van der Waals surface area contributed by atoms with E-state index < -0.39 is 0 Å². The van der Waals surface area contributed by atoms with Crippen LogP contribution in [0.3, 0.4) is 0 Å². The van der Waals surface area contributed by atoms with Gasteiger partial charge in [0, 0.05) is 17.5 Å². The van der Waals surface area contributed by atoms with Crippen LogP contribution in [0.25, 0.3) is 0 Å². The van der Waals surface area contributed by atoms with E-state index in [-0.39, 0.29) is 11.4 Å². The van der Waals surface area contributed by atoms with Crippen molar-refractivity contribution in [1.29, 1.82) is 0 Å². The van der Waals surface area contributed by atoms with Crippen molar-refractivity contribution >= 4 is 11.8 Å². The van der Waals surface area contributed by atoms with Gasteiger partial charge in [-0.05, 0) is 37.2 Å². The van der Waals surface area contributed by atoms with E-state index in [1.807, 2.05) is 0 Å². The van der Waals surface area contributed by atoms with E-state index in [0.29, 0.717) is 18.1 Å². The first-order valence-electron chi connectivity index (χ1n) is 6.85. The molecule has 0 aliphatic heterocycles. The van der Waals surface area contributed by atoms with Crippen LogP contribution in [0.1, 0.15) is 24.9 Å². The van der Waals surface area contributed by atoms with Crippen LogP contribution in [-0.2, 0) is 12.3 Å². The second-order valence-corrected chi connectivity index (χ2v) is 5.65. The molecule has 0 unspecified atom stereocenters. The maximum absolute atomic E-state index is 12.8. The lowest BCUT2D eigenvalue weighted by Gasteiger charge is -2.05. The van der Waals surface area contributed by atoms with E-state index in [2.05, 4.69) is 22.2 Å². The normalized spacial score (nSPS) is 10.8. The molecular formula is C15H18FN3OS. The molecular weight excluding hydrogens is 289 g/mol. The third-order valence-corrected chi connectivity index (χ3v) is 3.79. The molecule has 2 rings (SSSR count). The van der Waals surface area contributed by atoms with Crippen molar-refractivity contribution < 1.29 is 4.39 Å². The first kappa shape index (κ1) is 15.7. The number of thioether (sulfide) groups is 1. The molecule has 0 aliphatic rings. The number of halogens is 1. The predicted octanol–water partition coefficient (Wildman–Crippen LogP) is 2.70. The van der Waals surface area contributed by atoms with Gasteiger partial charge >= 0.3 is 0 Å². The SMILES string of the molecule is CCCNCc1cc(=O)[nH]c(CSc2ccc(F)cc2)n1. The summed E-state index contributed by atoms with van der Waals surface area (Å²) in [6.07, 6.45) is 1.04. The maximum Gasteiger partial charge on any atom is 0.251 e. The van der Waals surface area contributed by atoms with E-state index in [0.717, 1.165) is 23.6 Å². The molecule has 1 aromatic heterocycles. The number of benzene rings is 1. The van der Waals surface area contributed by atoms with Crippen molar-refractivity contribution in [3.63, 3.8) is 0 Å². The summed E-state index contributed by atoms with van der Waals surface area (Å²) in [5.74, 6) is 0.919. The van der Waals surface area contributed by atoms with E-state index in [9.17, 15) is 9.18 Å². The summed E-state index contributed by atoms with van der Waals surface area (Å²) in [5, 5.41) is 3.22. The zero-order chi connectivity index (χ0) is 15.1. The highest BCUT2D eigenvalue weighted by Gasteiger charge is 2.03. The molecule has 0 aliphatic carbocycles. The van der Waals surface area contributed by atoms with Gasteiger partial charge in [-0.3, -0.25) is 4.79 Å². The molecule has 0 amide bonds. The average molecular weight is 307 g/mol. The number of H-pyrrole nitrogens is 1. The van der Waals surface area contributed by atoms with Crippen molar-refractivity contribution in [2.24, 2.45) is 0 Å². The predicted molar refractivity (Wildman–Crippen MR) is 82.8 cm³/mol. The van der Waals surface area contributed by atoms with Crippen LogP contribution in [0.2, 0.25) is 0 Å². The van der Waals surface area contributed by atoms with Crippen LogP contribution in [0.15, 0.2) is 40.0 Å². The second kappa shape index (κ2) is 7.95. The Morgan fingerprint density at radius 2 is 2.10 bits per heavy atom. The summed E-state index contributed by atoms with van der Waals surface area (Å²) in [5.41, 5.74) is 0.593. The zero-order valence-corrected chi connectivity index (χ0v) is 12.7. The number of nitrogens with zero attached hydrogens (tertiary/aromatic N) is 1. The van der Waals surface area contributed by atoms with Gasteiger partial charge in [-0.25, -0.2) is 9.37 Å². The monoisotopic (exact) mass is 307 g/mol. The third-order valence-electron chi connectivity index (χ3n) is 2.77. The molecule has 0 saturated heterocycles. The number of aromatic amines is 1. The lowest BCUT2D eigenvalue weighted by molar-refractivity contribution is 0.626. The Kier molecular flexibility index (Phi) is 5.95. The molecule has 2 N–H and O–H groups in total. The average Bonchev–Trinajstić information content (AvgIpc) is 2.46. The highest BCUT2D eigenvalue weighted by Crippen LogP contribution is 2.21. The van der Waals surface area contributed by atoms with Crippen LogP contribution in [-0.4, -0.2) is 16.5 Å². The minimum atomic E-state index is -0.255. The number of hydrogen-bond acceptors (Lipinski definition) is 4. The van der Waals surface area contributed by atoms with Gasteiger partial charge in [-0.2, -0.15) is 0 Å². The quantitative estimate of drug-likeness (QED) is 0.610. The maximum atomic E-state index is 12.8. The molecule has 0 bridgehead atoms. The zero-order valence-electron chi connectivity index (χ0n) is 11.9. The third kappa shape index (κ3) is 5.32. The summed E-state index contributed by atoms with van der Waals surface area (Å²) < 4.78 is 12.8. The molecule has 4 nitrogen and oxygen atoms in total. The van der Waals surface area contributed by atoms with Crippen molar-refractivity contribution in [2.75, 3.05) is 6.54 Å². The van der Waals surface area contributed by atoms with Gasteiger partial charge in [0.1, 0.15) is 11.6 Å². The molecule has 112 valence electrons. The first-order chi connectivity index (χ1) is 10.2. The van der Waals surface area contributed by atoms with Crippen molar-refractivity contribution in [3.05, 3.63) is 58.0 Å². The van der Waals surface area contributed by atoms with E-state index >= 15 is 0 Å². The van der Waals surface area contributed by atoms with Crippen LogP contribution in [0.5, 0.6) is 0 Å². The summed E-state index contributed by atoms with van der Waals surface area (Å²) in [7, 11) is 0. The number of rotatable bonds is 7. The fraction of sp³-hybridized carbons (Fsp3) is 0.333. The smallest absolute Gasteiger partial charge is 0.251 e. The minimum absolute atomic E-state index is 0.145. The van der Waals surface area contributed by atoms with Gasteiger partial charge < -0.3 is 10.3 Å². The van der Waals surface area contributed by atoms with Crippen LogP contribution in [0.4, 0.5) is 4.39 Å². The molecule has 0 spiro atoms. The number of hydrogen-bond donors (Lipinski definition) is 2. The largest absolute Gasteiger partial charge is 0.311 e. The molecule has 0 saturated carbocycles. The van der Waals surface area contributed by atoms with Crippen LogP contribution in [0, 0.1) is 5.82 Å². The van der Waals surface area contributed by atoms with Gasteiger partial charge in [-0.15, -0.1) is 11.8 Å². The van der Waals surface area contributed by atoms with Gasteiger partial charge in [0.25, 0.3) is 5.56 Å². The lowest BCUT2D eigenvalue weighted by Crippen LogP contribution is -2.19. The van der Waals surface area contributed by atoms with E-state index in [4.69, 9.17) is 0 Å². The molecule has 0 radical (unpaired) electrons. The Hall–Kier alpha value is -1.66. The fourth-order valence-electron chi connectivity index (χ4n) is 1.80. The molecule has 1 aromatic carbocycles. The lowest BCUT2D eigenvalue weighted by atomic mass is 10.3. The number of nitrogens with one attached hydrogen (secondary N) is 2. The Morgan fingerprint density at radius 1 is 1.33 bits per heavy atom. The first-order valence-corrected chi connectivity index (χ1v) is 7.84. The van der Waals surface area contributed by atoms with Crippen molar-refractivity contribution in [2.45, 2.75) is 30.5 Å². The topological polar surface area (TPSA) is 57.8 Å². The standard InChI is InChI=1S/C15H18FN3OS/c1-2-7-17-9-12-8-15(20)19-14(18-12)10-21-13-5-3-11(16)4-6-13/h3-6,8,17H,2,7,9-10H2,1H3,(H,18,19,20). The van der Waals surface area contributed by atoms with Crippen molar-refractivity contribution in [3.8, 4) is 0 Å². The number of aromatic nitrogens is 2. The van der Waals surface area contributed by atoms with Crippen LogP contribution < -0.4 is 10.9 Å². The summed E-state index contributed by atoms with van der Waals surface area (Å²) in [6.45, 7) is 3.57. The Morgan fingerprint density at radius 3 is 2.81 bits per heavy atom.